The number of benzene rings is 2. The van der Waals surface area contributed by atoms with Gasteiger partial charge in [-0.2, -0.15) is 0 Å². The first-order valence-corrected chi connectivity index (χ1v) is 10.3. The Hall–Kier alpha value is -3.16. The SMILES string of the molecule is COc1cccc(C(=O)N(Cc2cccnc2)c2nc3c(OC)ccc(Cl)c3s2)c1. The number of nitrogens with zero attached hydrogens (tertiary/aromatic N) is 3. The zero-order chi connectivity index (χ0) is 21.1. The summed E-state index contributed by atoms with van der Waals surface area (Å²) in [7, 11) is 3.15. The lowest BCUT2D eigenvalue weighted by atomic mass is 10.1. The lowest BCUT2D eigenvalue weighted by Gasteiger charge is -2.20. The molecular weight excluding hydrogens is 422 g/mol. The van der Waals surface area contributed by atoms with Crippen LogP contribution < -0.4 is 14.4 Å². The molecule has 2 aromatic heterocycles. The van der Waals surface area contributed by atoms with E-state index in [2.05, 4.69) is 4.98 Å². The van der Waals surface area contributed by atoms with Crippen LogP contribution in [0.3, 0.4) is 0 Å². The van der Waals surface area contributed by atoms with Crippen LogP contribution in [0.1, 0.15) is 15.9 Å². The fourth-order valence-corrected chi connectivity index (χ4v) is 4.29. The molecule has 0 saturated carbocycles. The van der Waals surface area contributed by atoms with Crippen molar-refractivity contribution < 1.29 is 14.3 Å². The minimum Gasteiger partial charge on any atom is -0.497 e. The quantitative estimate of drug-likeness (QED) is 0.412. The van der Waals surface area contributed by atoms with E-state index < -0.39 is 0 Å². The van der Waals surface area contributed by atoms with E-state index in [-0.39, 0.29) is 5.91 Å². The van der Waals surface area contributed by atoms with Gasteiger partial charge in [0.1, 0.15) is 17.0 Å². The number of carbonyl (C=O) groups is 1. The Morgan fingerprint density at radius 1 is 1.13 bits per heavy atom. The van der Waals surface area contributed by atoms with Crippen LogP contribution in [0.5, 0.6) is 11.5 Å². The van der Waals surface area contributed by atoms with E-state index in [0.29, 0.717) is 39.3 Å². The maximum atomic E-state index is 13.5. The molecule has 0 spiro atoms. The van der Waals surface area contributed by atoms with Crippen molar-refractivity contribution in [2.45, 2.75) is 6.54 Å². The molecule has 0 saturated heterocycles. The van der Waals surface area contributed by atoms with Crippen LogP contribution in [-0.4, -0.2) is 30.1 Å². The molecule has 4 aromatic rings. The molecule has 2 aromatic carbocycles. The van der Waals surface area contributed by atoms with Crippen LogP contribution in [0.25, 0.3) is 10.2 Å². The molecule has 0 fully saturated rings. The topological polar surface area (TPSA) is 64.5 Å². The van der Waals surface area contributed by atoms with E-state index in [1.165, 1.54) is 11.3 Å². The van der Waals surface area contributed by atoms with Crippen molar-refractivity contribution in [2.75, 3.05) is 19.1 Å². The molecule has 0 bridgehead atoms. The molecule has 0 N–H and O–H groups in total. The highest BCUT2D eigenvalue weighted by atomic mass is 35.5. The van der Waals surface area contributed by atoms with E-state index in [0.717, 1.165) is 10.3 Å². The van der Waals surface area contributed by atoms with E-state index in [1.807, 2.05) is 12.1 Å². The summed E-state index contributed by atoms with van der Waals surface area (Å²) in [5.41, 5.74) is 2.00. The maximum Gasteiger partial charge on any atom is 0.260 e. The van der Waals surface area contributed by atoms with Gasteiger partial charge in [0.25, 0.3) is 5.91 Å². The van der Waals surface area contributed by atoms with E-state index in [4.69, 9.17) is 26.1 Å². The minimum atomic E-state index is -0.202. The van der Waals surface area contributed by atoms with Crippen LogP contribution in [-0.2, 0) is 6.54 Å². The molecule has 6 nitrogen and oxygen atoms in total. The van der Waals surface area contributed by atoms with Gasteiger partial charge in [0.15, 0.2) is 5.13 Å². The Morgan fingerprint density at radius 2 is 2.00 bits per heavy atom. The van der Waals surface area contributed by atoms with Crippen LogP contribution >= 0.6 is 22.9 Å². The molecule has 1 amide bonds. The molecule has 0 aliphatic heterocycles. The Bertz CT molecular complexity index is 1200. The molecule has 30 heavy (non-hydrogen) atoms. The van der Waals surface area contributed by atoms with Crippen molar-refractivity contribution in [3.05, 3.63) is 77.1 Å². The van der Waals surface area contributed by atoms with Gasteiger partial charge in [-0.15, -0.1) is 0 Å². The maximum absolute atomic E-state index is 13.5. The third-order valence-corrected chi connectivity index (χ3v) is 6.06. The molecule has 0 unspecified atom stereocenters. The van der Waals surface area contributed by atoms with Crippen molar-refractivity contribution in [3.8, 4) is 11.5 Å². The van der Waals surface area contributed by atoms with E-state index in [1.54, 1.807) is 67.9 Å². The minimum absolute atomic E-state index is 0.202. The Morgan fingerprint density at radius 3 is 2.73 bits per heavy atom. The molecule has 4 rings (SSSR count). The number of hydrogen-bond donors (Lipinski definition) is 0. The third-order valence-electron chi connectivity index (χ3n) is 4.52. The summed E-state index contributed by atoms with van der Waals surface area (Å²) in [5.74, 6) is 1.01. The summed E-state index contributed by atoms with van der Waals surface area (Å²) in [6, 6.07) is 14.3. The van der Waals surface area contributed by atoms with Gasteiger partial charge in [0.05, 0.1) is 30.5 Å². The Kier molecular flexibility index (Phi) is 5.83. The number of halogens is 1. The first kappa shape index (κ1) is 20.1. The number of amides is 1. The third kappa shape index (κ3) is 3.94. The van der Waals surface area contributed by atoms with Crippen molar-refractivity contribution in [1.82, 2.24) is 9.97 Å². The number of thiazole rings is 1. The van der Waals surface area contributed by atoms with E-state index >= 15 is 0 Å². The number of rotatable bonds is 6. The fraction of sp³-hybridized carbons (Fsp3) is 0.136. The predicted octanol–water partition coefficient (Wildman–Crippen LogP) is 5.21. The van der Waals surface area contributed by atoms with Gasteiger partial charge in [-0.1, -0.05) is 35.1 Å². The predicted molar refractivity (Wildman–Crippen MR) is 119 cm³/mol. The monoisotopic (exact) mass is 439 g/mol. The summed E-state index contributed by atoms with van der Waals surface area (Å²) < 4.78 is 11.5. The summed E-state index contributed by atoms with van der Waals surface area (Å²) in [6.07, 6.45) is 3.42. The summed E-state index contributed by atoms with van der Waals surface area (Å²) in [4.78, 5) is 24.0. The second-order valence-corrected chi connectivity index (χ2v) is 7.79. The van der Waals surface area contributed by atoms with Gasteiger partial charge in [-0.05, 0) is 42.0 Å². The molecule has 0 radical (unpaired) electrons. The number of methoxy groups -OCH3 is 2. The fourth-order valence-electron chi connectivity index (χ4n) is 3.03. The standard InChI is InChI=1S/C22H18ClN3O3S/c1-28-16-7-3-6-15(11-16)21(27)26(13-14-5-4-10-24-12-14)22-25-19-18(29-2)9-8-17(23)20(19)30-22/h3-12H,13H2,1-2H3. The number of hydrogen-bond acceptors (Lipinski definition) is 6. The zero-order valence-electron chi connectivity index (χ0n) is 16.3. The highest BCUT2D eigenvalue weighted by Crippen LogP contribution is 2.39. The van der Waals surface area contributed by atoms with Crippen LogP contribution in [0.4, 0.5) is 5.13 Å². The van der Waals surface area contributed by atoms with Gasteiger partial charge in [-0.3, -0.25) is 14.7 Å². The lowest BCUT2D eigenvalue weighted by molar-refractivity contribution is 0.0984. The number of fused-ring (bicyclic) bond motifs is 1. The zero-order valence-corrected chi connectivity index (χ0v) is 17.9. The summed E-state index contributed by atoms with van der Waals surface area (Å²) in [6.45, 7) is 0.309. The van der Waals surface area contributed by atoms with E-state index in [9.17, 15) is 4.79 Å². The lowest BCUT2D eigenvalue weighted by Crippen LogP contribution is -2.30. The van der Waals surface area contributed by atoms with Crippen LogP contribution in [0, 0.1) is 0 Å². The molecule has 0 aliphatic carbocycles. The average Bonchev–Trinajstić information content (AvgIpc) is 3.24. The first-order chi connectivity index (χ1) is 14.6. The Balaban J connectivity index is 1.82. The van der Waals surface area contributed by atoms with Gasteiger partial charge < -0.3 is 9.47 Å². The molecule has 152 valence electrons. The normalized spacial score (nSPS) is 10.8. The van der Waals surface area contributed by atoms with Gasteiger partial charge in [-0.25, -0.2) is 4.98 Å². The highest BCUT2D eigenvalue weighted by Gasteiger charge is 2.24. The van der Waals surface area contributed by atoms with Crippen molar-refractivity contribution in [3.63, 3.8) is 0 Å². The largest absolute Gasteiger partial charge is 0.497 e. The molecule has 8 heteroatoms. The second kappa shape index (κ2) is 8.69. The molecule has 0 aliphatic rings. The average molecular weight is 440 g/mol. The van der Waals surface area contributed by atoms with Gasteiger partial charge in [0, 0.05) is 18.0 Å². The summed E-state index contributed by atoms with van der Waals surface area (Å²) in [5, 5.41) is 1.08. The van der Waals surface area contributed by atoms with Crippen LogP contribution in [0.2, 0.25) is 5.02 Å². The van der Waals surface area contributed by atoms with Crippen molar-refractivity contribution in [2.24, 2.45) is 0 Å². The molecule has 2 heterocycles. The number of pyridine rings is 1. The Labute approximate surface area is 182 Å². The van der Waals surface area contributed by atoms with Crippen LogP contribution in [0.15, 0.2) is 60.9 Å². The van der Waals surface area contributed by atoms with Crippen molar-refractivity contribution in [1.29, 1.82) is 0 Å². The van der Waals surface area contributed by atoms with Gasteiger partial charge in [0.2, 0.25) is 0 Å². The molecular formula is C22H18ClN3O3S. The molecule has 0 atom stereocenters. The number of aromatic nitrogens is 2. The highest BCUT2D eigenvalue weighted by molar-refractivity contribution is 7.23. The van der Waals surface area contributed by atoms with Gasteiger partial charge >= 0.3 is 0 Å². The first-order valence-electron chi connectivity index (χ1n) is 9.08. The van der Waals surface area contributed by atoms with Crippen molar-refractivity contribution >= 4 is 44.2 Å². The second-order valence-electron chi connectivity index (χ2n) is 6.41. The summed E-state index contributed by atoms with van der Waals surface area (Å²) >= 11 is 7.73. The smallest absolute Gasteiger partial charge is 0.260 e. The number of carbonyl (C=O) groups excluding carboxylic acids is 1. The number of anilines is 1. The number of ether oxygens (including phenoxy) is 2.